The minimum absolute atomic E-state index is 0.482. The lowest BCUT2D eigenvalue weighted by Crippen LogP contribution is -2.10. The summed E-state index contributed by atoms with van der Waals surface area (Å²) in [6, 6.07) is 15.0. The molecule has 0 unspecified atom stereocenters. The van der Waals surface area contributed by atoms with Crippen molar-refractivity contribution < 1.29 is 9.47 Å². The van der Waals surface area contributed by atoms with Crippen LogP contribution in [0.25, 0.3) is 0 Å². The molecule has 2 aromatic carbocycles. The van der Waals surface area contributed by atoms with E-state index in [1.807, 2.05) is 48.5 Å². The number of methoxy groups -OCH3 is 2. The number of aliphatic imine (C=N–C) groups is 2. The molecule has 138 valence electrons. The molecule has 0 amide bonds. The van der Waals surface area contributed by atoms with Crippen molar-refractivity contribution in [2.24, 2.45) is 21.5 Å². The Bertz CT molecular complexity index is 716. The molecule has 0 saturated heterocycles. The highest BCUT2D eigenvalue weighted by molar-refractivity contribution is 8.17. The molecule has 8 heteroatoms. The summed E-state index contributed by atoms with van der Waals surface area (Å²) in [5.41, 5.74) is 13.4. The molecule has 26 heavy (non-hydrogen) atoms. The zero-order chi connectivity index (χ0) is 18.8. The first-order valence-electron chi connectivity index (χ1n) is 7.84. The smallest absolute Gasteiger partial charge is 0.159 e. The second kappa shape index (κ2) is 10.6. The maximum Gasteiger partial charge on any atom is 0.159 e. The molecule has 4 N–H and O–H groups in total. The fraction of sp³-hybridized carbons (Fsp3) is 0.222. The second-order valence-corrected chi connectivity index (χ2v) is 7.17. The lowest BCUT2D eigenvalue weighted by atomic mass is 10.3. The molecular weight excluding hydrogens is 368 g/mol. The summed E-state index contributed by atoms with van der Waals surface area (Å²) in [5, 5.41) is 0.964. The number of thioether (sulfide) groups is 2. The van der Waals surface area contributed by atoms with E-state index in [0.29, 0.717) is 33.2 Å². The maximum absolute atomic E-state index is 5.98. The van der Waals surface area contributed by atoms with Gasteiger partial charge in [-0.15, -0.1) is 0 Å². The zero-order valence-corrected chi connectivity index (χ0v) is 16.3. The molecular formula is C18H22N4O2S2. The summed E-state index contributed by atoms with van der Waals surface area (Å²) in [6.45, 7) is 0. The largest absolute Gasteiger partial charge is 0.494 e. The lowest BCUT2D eigenvalue weighted by Gasteiger charge is -2.06. The van der Waals surface area contributed by atoms with Crippen LogP contribution in [0.15, 0.2) is 58.5 Å². The van der Waals surface area contributed by atoms with Gasteiger partial charge in [-0.3, -0.25) is 0 Å². The maximum atomic E-state index is 5.98. The fourth-order valence-electron chi connectivity index (χ4n) is 2.04. The van der Waals surface area contributed by atoms with Crippen molar-refractivity contribution in [2.45, 2.75) is 0 Å². The number of ether oxygens (including phenoxy) is 2. The number of rotatable bonds is 7. The van der Waals surface area contributed by atoms with Crippen LogP contribution in [0, 0.1) is 0 Å². The second-order valence-electron chi connectivity index (χ2n) is 4.94. The van der Waals surface area contributed by atoms with Crippen LogP contribution in [0.3, 0.4) is 0 Å². The van der Waals surface area contributed by atoms with Crippen LogP contribution < -0.4 is 20.9 Å². The van der Waals surface area contributed by atoms with Gasteiger partial charge in [0.05, 0.1) is 14.2 Å². The Morgan fingerprint density at radius 3 is 1.54 bits per heavy atom. The molecule has 0 spiro atoms. The van der Waals surface area contributed by atoms with E-state index in [2.05, 4.69) is 9.98 Å². The lowest BCUT2D eigenvalue weighted by molar-refractivity contribution is 0.416. The molecule has 0 radical (unpaired) electrons. The van der Waals surface area contributed by atoms with Gasteiger partial charge in [-0.1, -0.05) is 47.8 Å². The number of nitrogens with two attached hydrogens (primary N) is 2. The first kappa shape index (κ1) is 20.0. The molecule has 0 saturated carbocycles. The van der Waals surface area contributed by atoms with Gasteiger partial charge >= 0.3 is 0 Å². The van der Waals surface area contributed by atoms with Crippen molar-refractivity contribution in [1.82, 2.24) is 0 Å². The molecule has 0 aliphatic rings. The Hall–Kier alpha value is -2.32. The van der Waals surface area contributed by atoms with E-state index in [0.717, 1.165) is 11.5 Å². The third-order valence-corrected chi connectivity index (χ3v) is 5.06. The van der Waals surface area contributed by atoms with E-state index in [9.17, 15) is 0 Å². The van der Waals surface area contributed by atoms with E-state index in [4.69, 9.17) is 20.9 Å². The van der Waals surface area contributed by atoms with E-state index in [-0.39, 0.29) is 0 Å². The molecule has 6 nitrogen and oxygen atoms in total. The van der Waals surface area contributed by atoms with E-state index in [1.165, 1.54) is 23.5 Å². The van der Waals surface area contributed by atoms with Gasteiger partial charge in [0.25, 0.3) is 0 Å². The summed E-state index contributed by atoms with van der Waals surface area (Å²) in [4.78, 5) is 8.76. The van der Waals surface area contributed by atoms with Gasteiger partial charge < -0.3 is 20.9 Å². The van der Waals surface area contributed by atoms with Crippen molar-refractivity contribution in [1.29, 1.82) is 0 Å². The highest BCUT2D eigenvalue weighted by atomic mass is 32.2. The van der Waals surface area contributed by atoms with Crippen molar-refractivity contribution in [3.05, 3.63) is 48.5 Å². The monoisotopic (exact) mass is 390 g/mol. The molecule has 0 fully saturated rings. The van der Waals surface area contributed by atoms with Crippen LogP contribution in [-0.2, 0) is 0 Å². The van der Waals surface area contributed by atoms with Gasteiger partial charge in [-0.25, -0.2) is 9.98 Å². The normalized spacial score (nSPS) is 12.1. The highest BCUT2D eigenvalue weighted by Gasteiger charge is 2.04. The minimum Gasteiger partial charge on any atom is -0.494 e. The number of nitrogens with zero attached hydrogens (tertiary/aromatic N) is 2. The number of amidine groups is 2. The van der Waals surface area contributed by atoms with Gasteiger partial charge in [0.15, 0.2) is 10.3 Å². The van der Waals surface area contributed by atoms with Gasteiger partial charge in [-0.2, -0.15) is 0 Å². The molecule has 0 bridgehead atoms. The molecule has 0 heterocycles. The average Bonchev–Trinajstić information content (AvgIpc) is 2.66. The summed E-state index contributed by atoms with van der Waals surface area (Å²) >= 11 is 2.93. The highest BCUT2D eigenvalue weighted by Crippen LogP contribution is 2.28. The van der Waals surface area contributed by atoms with Crippen LogP contribution >= 0.6 is 23.5 Å². The first-order valence-corrected chi connectivity index (χ1v) is 9.81. The Balaban J connectivity index is 1.84. The zero-order valence-electron chi connectivity index (χ0n) is 14.7. The topological polar surface area (TPSA) is 95.2 Å². The first-order chi connectivity index (χ1) is 12.6. The SMILES string of the molecule is COc1ccccc1N=C(N)SCCSC(N)=Nc1ccccc1OC. The minimum atomic E-state index is 0.482. The predicted molar refractivity (Wildman–Crippen MR) is 113 cm³/mol. The van der Waals surface area contributed by atoms with E-state index in [1.54, 1.807) is 14.2 Å². The van der Waals surface area contributed by atoms with Crippen molar-refractivity contribution in [3.8, 4) is 11.5 Å². The molecule has 2 aromatic rings. The van der Waals surface area contributed by atoms with Crippen LogP contribution in [0.4, 0.5) is 11.4 Å². The molecule has 0 aromatic heterocycles. The molecule has 2 rings (SSSR count). The summed E-state index contributed by atoms with van der Waals surface area (Å²) in [7, 11) is 3.22. The summed E-state index contributed by atoms with van der Waals surface area (Å²) in [5.74, 6) is 2.91. The summed E-state index contributed by atoms with van der Waals surface area (Å²) < 4.78 is 10.5. The van der Waals surface area contributed by atoms with Crippen LogP contribution in [0.1, 0.15) is 0 Å². The van der Waals surface area contributed by atoms with Crippen LogP contribution in [0.5, 0.6) is 11.5 Å². The number of para-hydroxylation sites is 4. The number of hydrogen-bond donors (Lipinski definition) is 2. The van der Waals surface area contributed by atoms with Crippen molar-refractivity contribution >= 4 is 45.2 Å². The number of hydrogen-bond acceptors (Lipinski definition) is 6. The Labute approximate surface area is 162 Å². The number of benzene rings is 2. The van der Waals surface area contributed by atoms with Crippen molar-refractivity contribution in [3.63, 3.8) is 0 Å². The Morgan fingerprint density at radius 2 is 1.15 bits per heavy atom. The molecule has 0 atom stereocenters. The fourth-order valence-corrected chi connectivity index (χ4v) is 3.45. The Kier molecular flexibility index (Phi) is 8.17. The van der Waals surface area contributed by atoms with Gasteiger partial charge in [0, 0.05) is 11.5 Å². The van der Waals surface area contributed by atoms with Gasteiger partial charge in [-0.05, 0) is 24.3 Å². The summed E-state index contributed by atoms with van der Waals surface area (Å²) in [6.07, 6.45) is 0. The predicted octanol–water partition coefficient (Wildman–Crippen LogP) is 3.76. The van der Waals surface area contributed by atoms with Gasteiger partial charge in [0.2, 0.25) is 0 Å². The third kappa shape index (κ3) is 6.20. The van der Waals surface area contributed by atoms with E-state index >= 15 is 0 Å². The molecule has 0 aliphatic heterocycles. The molecule has 0 aliphatic carbocycles. The van der Waals surface area contributed by atoms with Gasteiger partial charge in [0.1, 0.15) is 22.9 Å². The standard InChI is InChI=1S/C18H22N4O2S2/c1-23-15-9-5-3-7-13(15)21-17(19)25-11-12-26-18(20)22-14-8-4-6-10-16(14)24-2/h3-10H,11-12H2,1-2H3,(H2,19,21)(H2,20,22). The quantitative estimate of drug-likeness (QED) is 0.424. The van der Waals surface area contributed by atoms with Crippen LogP contribution in [-0.4, -0.2) is 36.1 Å². The average molecular weight is 391 g/mol. The Morgan fingerprint density at radius 1 is 0.769 bits per heavy atom. The van der Waals surface area contributed by atoms with E-state index < -0.39 is 0 Å². The van der Waals surface area contributed by atoms with Crippen molar-refractivity contribution in [2.75, 3.05) is 25.7 Å². The third-order valence-electron chi connectivity index (χ3n) is 3.21. The van der Waals surface area contributed by atoms with Crippen LogP contribution in [0.2, 0.25) is 0 Å².